The first kappa shape index (κ1) is 24.3. The van der Waals surface area contributed by atoms with Crippen molar-refractivity contribution in [2.75, 3.05) is 16.8 Å². The maximum Gasteiger partial charge on any atom is 0.271 e. The average Bonchev–Trinajstić information content (AvgIpc) is 2.73. The zero-order chi connectivity index (χ0) is 24.6. The number of benzene rings is 2. The highest BCUT2D eigenvalue weighted by atomic mass is 16.5. The summed E-state index contributed by atoms with van der Waals surface area (Å²) in [6.07, 6.45) is 0.768. The van der Waals surface area contributed by atoms with E-state index in [9.17, 15) is 14.4 Å². The molecule has 0 saturated heterocycles. The Balaban J connectivity index is 1.92. The van der Waals surface area contributed by atoms with Crippen molar-refractivity contribution < 1.29 is 19.1 Å². The summed E-state index contributed by atoms with van der Waals surface area (Å²) in [6.45, 7) is 12.9. The molecule has 33 heavy (non-hydrogen) atoms. The fourth-order valence-corrected chi connectivity index (χ4v) is 3.67. The maximum absolute atomic E-state index is 13.2. The molecule has 0 fully saturated rings. The van der Waals surface area contributed by atoms with Crippen LogP contribution < -0.4 is 20.3 Å². The van der Waals surface area contributed by atoms with Gasteiger partial charge >= 0.3 is 0 Å². The van der Waals surface area contributed by atoms with Gasteiger partial charge in [0.2, 0.25) is 5.91 Å². The van der Waals surface area contributed by atoms with Gasteiger partial charge in [-0.3, -0.25) is 19.3 Å². The summed E-state index contributed by atoms with van der Waals surface area (Å²) in [4.78, 5) is 40.4. The number of ether oxygens (including phenoxy) is 1. The van der Waals surface area contributed by atoms with E-state index in [2.05, 4.69) is 10.6 Å². The first-order valence-corrected chi connectivity index (χ1v) is 11.2. The lowest BCUT2D eigenvalue weighted by Crippen LogP contribution is -2.54. The second-order valence-corrected chi connectivity index (χ2v) is 9.69. The summed E-state index contributed by atoms with van der Waals surface area (Å²) in [6, 6.07) is 10.7. The van der Waals surface area contributed by atoms with E-state index in [1.807, 2.05) is 52.8 Å². The van der Waals surface area contributed by atoms with Crippen LogP contribution in [0.4, 0.5) is 11.4 Å². The van der Waals surface area contributed by atoms with Gasteiger partial charge in [-0.25, -0.2) is 0 Å². The molecule has 2 N–H and O–H groups in total. The van der Waals surface area contributed by atoms with Crippen LogP contribution >= 0.6 is 0 Å². The minimum atomic E-state index is -1.14. The third kappa shape index (κ3) is 5.18. The van der Waals surface area contributed by atoms with E-state index >= 15 is 0 Å². The van der Waals surface area contributed by atoms with E-state index in [1.165, 1.54) is 4.90 Å². The molecule has 0 bridgehead atoms. The molecule has 2 aromatic rings. The number of anilines is 2. The predicted molar refractivity (Wildman–Crippen MR) is 130 cm³/mol. The Hall–Kier alpha value is -3.35. The van der Waals surface area contributed by atoms with Crippen LogP contribution in [-0.4, -0.2) is 35.4 Å². The maximum atomic E-state index is 13.2. The number of fused-ring (bicyclic) bond motifs is 1. The SMILES string of the molecule is CCC(C)(C)NC(=O)c1ccc2c(c1)N(CC(=O)Nc1c(C)cccc1C)C(=O)C(C)(C)O2. The summed E-state index contributed by atoms with van der Waals surface area (Å²) in [7, 11) is 0. The average molecular weight is 452 g/mol. The van der Waals surface area contributed by atoms with Crippen molar-refractivity contribution in [1.29, 1.82) is 0 Å². The predicted octanol–water partition coefficient (Wildman–Crippen LogP) is 4.36. The lowest BCUT2D eigenvalue weighted by molar-refractivity contribution is -0.133. The number of nitrogens with zero attached hydrogens (tertiary/aromatic N) is 1. The zero-order valence-corrected chi connectivity index (χ0v) is 20.5. The molecule has 2 aromatic carbocycles. The van der Waals surface area contributed by atoms with Gasteiger partial charge in [0, 0.05) is 16.8 Å². The Labute approximate surface area is 195 Å². The normalized spacial score (nSPS) is 14.9. The highest BCUT2D eigenvalue weighted by Crippen LogP contribution is 2.38. The lowest BCUT2D eigenvalue weighted by atomic mass is 10.00. The van der Waals surface area contributed by atoms with Gasteiger partial charge in [-0.2, -0.15) is 0 Å². The highest BCUT2D eigenvalue weighted by molar-refractivity contribution is 6.09. The van der Waals surface area contributed by atoms with E-state index in [4.69, 9.17) is 4.74 Å². The van der Waals surface area contributed by atoms with Crippen molar-refractivity contribution in [2.45, 2.75) is 66.0 Å². The minimum Gasteiger partial charge on any atom is -0.476 e. The topological polar surface area (TPSA) is 87.7 Å². The molecular weight excluding hydrogens is 418 g/mol. The number of aryl methyl sites for hydroxylation is 2. The molecule has 0 radical (unpaired) electrons. The zero-order valence-electron chi connectivity index (χ0n) is 20.5. The van der Waals surface area contributed by atoms with Crippen LogP contribution in [0.3, 0.4) is 0 Å². The molecule has 3 rings (SSSR count). The number of rotatable bonds is 6. The smallest absolute Gasteiger partial charge is 0.271 e. The van der Waals surface area contributed by atoms with Gasteiger partial charge in [-0.15, -0.1) is 0 Å². The molecule has 3 amide bonds. The van der Waals surface area contributed by atoms with Crippen LogP contribution in [0.2, 0.25) is 0 Å². The molecule has 0 atom stereocenters. The van der Waals surface area contributed by atoms with Crippen molar-refractivity contribution >= 4 is 29.1 Å². The van der Waals surface area contributed by atoms with E-state index in [0.29, 0.717) is 17.0 Å². The summed E-state index contributed by atoms with van der Waals surface area (Å²) in [5, 5.41) is 5.92. The fraction of sp³-hybridized carbons (Fsp3) is 0.423. The van der Waals surface area contributed by atoms with Crippen molar-refractivity contribution in [3.05, 3.63) is 53.1 Å². The molecule has 0 unspecified atom stereocenters. The molecule has 0 saturated carbocycles. The largest absolute Gasteiger partial charge is 0.476 e. The van der Waals surface area contributed by atoms with Crippen LogP contribution in [0.5, 0.6) is 5.75 Å². The number of amides is 3. The Morgan fingerprint density at radius 2 is 1.73 bits per heavy atom. The van der Waals surface area contributed by atoms with E-state index in [0.717, 1.165) is 23.2 Å². The van der Waals surface area contributed by atoms with Crippen LogP contribution in [0.15, 0.2) is 36.4 Å². The fourth-order valence-electron chi connectivity index (χ4n) is 3.67. The quantitative estimate of drug-likeness (QED) is 0.683. The summed E-state index contributed by atoms with van der Waals surface area (Å²) in [5.41, 5.74) is 1.90. The van der Waals surface area contributed by atoms with Crippen LogP contribution in [0.25, 0.3) is 0 Å². The number of hydrogen-bond donors (Lipinski definition) is 2. The molecule has 0 aromatic heterocycles. The van der Waals surface area contributed by atoms with Crippen molar-refractivity contribution in [1.82, 2.24) is 5.32 Å². The third-order valence-corrected chi connectivity index (χ3v) is 6.02. The standard InChI is InChI=1S/C26H33N3O4/c1-8-25(4,5)28-23(31)18-12-13-20-19(14-18)29(24(32)26(6,7)33-20)15-21(30)27-22-16(2)10-9-11-17(22)3/h9-14H,8,15H2,1-7H3,(H,27,30)(H,28,31). The van der Waals surface area contributed by atoms with E-state index < -0.39 is 5.60 Å². The number of carbonyl (C=O) groups excluding carboxylic acids is 3. The Morgan fingerprint density at radius 3 is 2.33 bits per heavy atom. The second kappa shape index (κ2) is 8.89. The van der Waals surface area contributed by atoms with Crippen molar-refractivity contribution in [3.8, 4) is 5.75 Å². The lowest BCUT2D eigenvalue weighted by Gasteiger charge is -2.38. The molecule has 176 valence electrons. The molecular formula is C26H33N3O4. The third-order valence-electron chi connectivity index (χ3n) is 6.02. The molecule has 0 aliphatic carbocycles. The van der Waals surface area contributed by atoms with Crippen LogP contribution in [0.1, 0.15) is 62.5 Å². The number of hydrogen-bond acceptors (Lipinski definition) is 4. The minimum absolute atomic E-state index is 0.197. The van der Waals surface area contributed by atoms with Gasteiger partial charge in [0.15, 0.2) is 5.60 Å². The van der Waals surface area contributed by atoms with Crippen molar-refractivity contribution in [2.24, 2.45) is 0 Å². The number of para-hydroxylation sites is 1. The molecule has 7 heteroatoms. The Bertz CT molecular complexity index is 1080. The molecule has 0 spiro atoms. The summed E-state index contributed by atoms with van der Waals surface area (Å²) >= 11 is 0. The Morgan fingerprint density at radius 1 is 1.09 bits per heavy atom. The van der Waals surface area contributed by atoms with Crippen molar-refractivity contribution in [3.63, 3.8) is 0 Å². The van der Waals surface area contributed by atoms with Crippen LogP contribution in [0, 0.1) is 13.8 Å². The molecule has 1 aliphatic heterocycles. The molecule has 1 aliphatic rings. The first-order chi connectivity index (χ1) is 15.3. The molecule has 7 nitrogen and oxygen atoms in total. The number of nitrogens with one attached hydrogen (secondary N) is 2. The van der Waals surface area contributed by atoms with E-state index in [-0.39, 0.29) is 29.8 Å². The van der Waals surface area contributed by atoms with Gasteiger partial charge in [0.25, 0.3) is 11.8 Å². The summed E-state index contributed by atoms with van der Waals surface area (Å²) in [5.74, 6) is -0.475. The monoisotopic (exact) mass is 451 g/mol. The van der Waals surface area contributed by atoms with Gasteiger partial charge in [0.05, 0.1) is 5.69 Å². The van der Waals surface area contributed by atoms with Gasteiger partial charge in [0.1, 0.15) is 12.3 Å². The second-order valence-electron chi connectivity index (χ2n) is 9.69. The van der Waals surface area contributed by atoms with Gasteiger partial charge in [-0.1, -0.05) is 25.1 Å². The van der Waals surface area contributed by atoms with Crippen LogP contribution in [-0.2, 0) is 9.59 Å². The first-order valence-electron chi connectivity index (χ1n) is 11.2. The molecule has 1 heterocycles. The summed E-state index contributed by atoms with van der Waals surface area (Å²) < 4.78 is 5.90. The van der Waals surface area contributed by atoms with Gasteiger partial charge in [-0.05, 0) is 77.3 Å². The van der Waals surface area contributed by atoms with E-state index in [1.54, 1.807) is 32.0 Å². The number of carbonyl (C=O) groups is 3. The highest BCUT2D eigenvalue weighted by Gasteiger charge is 2.42. The van der Waals surface area contributed by atoms with Gasteiger partial charge < -0.3 is 15.4 Å². The Kier molecular flexibility index (Phi) is 6.54.